The first kappa shape index (κ1) is 23.8. The van der Waals surface area contributed by atoms with E-state index in [4.69, 9.17) is 4.74 Å². The van der Waals surface area contributed by atoms with E-state index in [0.29, 0.717) is 18.0 Å². The van der Waals surface area contributed by atoms with Gasteiger partial charge in [0, 0.05) is 11.8 Å². The summed E-state index contributed by atoms with van der Waals surface area (Å²) in [6, 6.07) is 0. The summed E-state index contributed by atoms with van der Waals surface area (Å²) in [4.78, 5) is 27.8. The van der Waals surface area contributed by atoms with Crippen LogP contribution in [-0.4, -0.2) is 23.3 Å². The summed E-state index contributed by atoms with van der Waals surface area (Å²) in [5.74, 6) is -0.410. The lowest BCUT2D eigenvalue weighted by atomic mass is 10.0. The number of Topliss-reactive ketones (excluding diaryl/α,β-unsaturated/α-hetero) is 1. The molecule has 0 N–H and O–H groups in total. The van der Waals surface area contributed by atoms with Gasteiger partial charge in [0.25, 0.3) is 0 Å². The molecule has 1 rings (SSSR count). The fourth-order valence-corrected chi connectivity index (χ4v) is 3.87. The molecule has 0 atom stereocenters. The van der Waals surface area contributed by atoms with Gasteiger partial charge in [-0.05, 0) is 13.3 Å². The highest BCUT2D eigenvalue weighted by atomic mass is 32.1. The fourth-order valence-electron chi connectivity index (χ4n) is 3.11. The molecule has 0 amide bonds. The number of rotatable bonds is 17. The molecule has 0 fully saturated rings. The zero-order valence-electron chi connectivity index (χ0n) is 17.3. The minimum Gasteiger partial charge on any atom is -0.461 e. The van der Waals surface area contributed by atoms with E-state index < -0.39 is 5.97 Å². The highest BCUT2D eigenvalue weighted by molar-refractivity contribution is 7.11. The van der Waals surface area contributed by atoms with Crippen LogP contribution < -0.4 is 0 Å². The number of esters is 1. The van der Waals surface area contributed by atoms with E-state index in [1.54, 1.807) is 12.3 Å². The van der Waals surface area contributed by atoms with Crippen molar-refractivity contribution in [2.24, 2.45) is 0 Å². The molecule has 0 aromatic carbocycles. The Hall–Kier alpha value is -1.23. The summed E-state index contributed by atoms with van der Waals surface area (Å²) in [7, 11) is 0. The topological polar surface area (TPSA) is 56.3 Å². The molecular formula is C22H37NO3S. The third-order valence-corrected chi connectivity index (χ3v) is 5.62. The number of aromatic nitrogens is 1. The molecule has 1 aromatic heterocycles. The van der Waals surface area contributed by atoms with Crippen LogP contribution in [-0.2, 0) is 4.74 Å². The summed E-state index contributed by atoms with van der Waals surface area (Å²) >= 11 is 1.24. The highest BCUT2D eigenvalue weighted by Gasteiger charge is 2.15. The number of carbonyl (C=O) groups is 2. The van der Waals surface area contributed by atoms with Crippen LogP contribution in [0.15, 0.2) is 5.38 Å². The van der Waals surface area contributed by atoms with Crippen LogP contribution in [0.1, 0.15) is 124 Å². The normalized spacial score (nSPS) is 10.9. The quantitative estimate of drug-likeness (QED) is 0.162. The summed E-state index contributed by atoms with van der Waals surface area (Å²) in [6.45, 7) is 4.33. The van der Waals surface area contributed by atoms with Gasteiger partial charge in [0.15, 0.2) is 16.5 Å². The minimum absolute atomic E-state index is 0.0404. The Morgan fingerprint density at radius 2 is 1.37 bits per heavy atom. The highest BCUT2D eigenvalue weighted by Crippen LogP contribution is 2.16. The van der Waals surface area contributed by atoms with Crippen molar-refractivity contribution in [2.45, 2.75) is 104 Å². The molecule has 0 bridgehead atoms. The van der Waals surface area contributed by atoms with Gasteiger partial charge in [0.2, 0.25) is 0 Å². The third kappa shape index (κ3) is 11.3. The fraction of sp³-hybridized carbons (Fsp3) is 0.773. The lowest BCUT2D eigenvalue weighted by Crippen LogP contribution is -2.06. The van der Waals surface area contributed by atoms with Gasteiger partial charge >= 0.3 is 5.97 Å². The smallest absolute Gasteiger partial charge is 0.357 e. The number of nitrogens with zero attached hydrogens (tertiary/aromatic N) is 1. The Balaban J connectivity index is 1.97. The average molecular weight is 396 g/mol. The van der Waals surface area contributed by atoms with Crippen molar-refractivity contribution in [1.29, 1.82) is 0 Å². The maximum Gasteiger partial charge on any atom is 0.357 e. The van der Waals surface area contributed by atoms with Crippen LogP contribution in [0.25, 0.3) is 0 Å². The molecule has 0 aliphatic rings. The van der Waals surface area contributed by atoms with Gasteiger partial charge in [-0.1, -0.05) is 84.0 Å². The summed E-state index contributed by atoms with van der Waals surface area (Å²) in [6.07, 6.45) is 17.3. The van der Waals surface area contributed by atoms with E-state index in [1.165, 1.54) is 82.0 Å². The molecule has 0 spiro atoms. The van der Waals surface area contributed by atoms with E-state index >= 15 is 0 Å². The molecule has 0 aliphatic carbocycles. The van der Waals surface area contributed by atoms with Crippen molar-refractivity contribution < 1.29 is 14.3 Å². The number of carbonyl (C=O) groups excluding carboxylic acids is 2. The van der Waals surface area contributed by atoms with Crippen molar-refractivity contribution in [3.8, 4) is 0 Å². The van der Waals surface area contributed by atoms with E-state index in [1.807, 2.05) is 0 Å². The van der Waals surface area contributed by atoms with E-state index in [-0.39, 0.29) is 11.5 Å². The van der Waals surface area contributed by atoms with Crippen molar-refractivity contribution >= 4 is 23.1 Å². The zero-order valence-corrected chi connectivity index (χ0v) is 18.1. The van der Waals surface area contributed by atoms with Crippen molar-refractivity contribution in [1.82, 2.24) is 4.98 Å². The van der Waals surface area contributed by atoms with Gasteiger partial charge < -0.3 is 4.74 Å². The molecule has 0 saturated heterocycles. The second-order valence-corrected chi connectivity index (χ2v) is 8.03. The van der Waals surface area contributed by atoms with Gasteiger partial charge in [0.1, 0.15) is 0 Å². The number of hydrogen-bond acceptors (Lipinski definition) is 5. The average Bonchev–Trinajstić information content (AvgIpc) is 3.16. The molecule has 154 valence electrons. The van der Waals surface area contributed by atoms with Crippen LogP contribution in [0, 0.1) is 0 Å². The number of thiazole rings is 1. The van der Waals surface area contributed by atoms with Crippen LogP contribution in [0.2, 0.25) is 0 Å². The van der Waals surface area contributed by atoms with Crippen molar-refractivity contribution in [3.05, 3.63) is 16.1 Å². The molecule has 1 aromatic rings. The number of ketones is 1. The lowest BCUT2D eigenvalue weighted by Gasteiger charge is -2.03. The summed E-state index contributed by atoms with van der Waals surface area (Å²) in [5.41, 5.74) is 0.246. The maximum atomic E-state index is 12.1. The lowest BCUT2D eigenvalue weighted by molar-refractivity contribution is 0.0520. The Labute approximate surface area is 169 Å². The number of unbranched alkanes of at least 4 members (excludes halogenated alkanes) is 12. The molecular weight excluding hydrogens is 358 g/mol. The molecule has 5 heteroatoms. The largest absolute Gasteiger partial charge is 0.461 e. The van der Waals surface area contributed by atoms with Crippen LogP contribution >= 0.6 is 11.3 Å². The zero-order chi connectivity index (χ0) is 19.7. The van der Waals surface area contributed by atoms with Crippen LogP contribution in [0.3, 0.4) is 0 Å². The van der Waals surface area contributed by atoms with Gasteiger partial charge in [-0.15, -0.1) is 11.3 Å². The molecule has 27 heavy (non-hydrogen) atoms. The van der Waals surface area contributed by atoms with Gasteiger partial charge in [-0.2, -0.15) is 0 Å². The Morgan fingerprint density at radius 3 is 1.89 bits per heavy atom. The molecule has 0 unspecified atom stereocenters. The maximum absolute atomic E-state index is 12.1. The van der Waals surface area contributed by atoms with Gasteiger partial charge in [-0.25, -0.2) is 9.78 Å². The molecule has 4 nitrogen and oxygen atoms in total. The van der Waals surface area contributed by atoms with Gasteiger partial charge in [0.05, 0.1) is 6.61 Å². The SMILES string of the molecule is CCCCCCCCCCCCCCCC(=O)c1nc(C(=O)OCC)cs1. The first-order valence-electron chi connectivity index (χ1n) is 10.8. The third-order valence-electron chi connectivity index (χ3n) is 4.73. The predicted molar refractivity (Wildman–Crippen MR) is 113 cm³/mol. The molecule has 0 radical (unpaired) electrons. The Morgan fingerprint density at radius 1 is 0.852 bits per heavy atom. The van der Waals surface area contributed by atoms with Crippen LogP contribution in [0.5, 0.6) is 0 Å². The van der Waals surface area contributed by atoms with E-state index in [9.17, 15) is 9.59 Å². The summed E-state index contributed by atoms with van der Waals surface area (Å²) in [5, 5.41) is 2.03. The first-order valence-corrected chi connectivity index (χ1v) is 11.7. The molecule has 0 saturated carbocycles. The Kier molecular flexibility index (Phi) is 13.9. The van der Waals surface area contributed by atoms with Gasteiger partial charge in [-0.3, -0.25) is 4.79 Å². The van der Waals surface area contributed by atoms with Crippen molar-refractivity contribution in [3.63, 3.8) is 0 Å². The van der Waals surface area contributed by atoms with E-state index in [0.717, 1.165) is 12.8 Å². The predicted octanol–water partition coefficient (Wildman–Crippen LogP) is 6.98. The van der Waals surface area contributed by atoms with E-state index in [2.05, 4.69) is 11.9 Å². The summed E-state index contributed by atoms with van der Waals surface area (Å²) < 4.78 is 4.90. The van der Waals surface area contributed by atoms with Crippen LogP contribution in [0.4, 0.5) is 0 Å². The first-order chi connectivity index (χ1) is 13.2. The number of hydrogen-bond donors (Lipinski definition) is 0. The molecule has 1 heterocycles. The molecule has 0 aliphatic heterocycles. The standard InChI is InChI=1S/C22H37NO3S/c1-3-5-6-7-8-9-10-11-12-13-14-15-16-17-20(24)21-23-19(18-27-21)22(25)26-4-2/h18H,3-17H2,1-2H3. The number of ether oxygens (including phenoxy) is 1. The van der Waals surface area contributed by atoms with Crippen molar-refractivity contribution in [2.75, 3.05) is 6.61 Å². The second-order valence-electron chi connectivity index (χ2n) is 7.17. The monoisotopic (exact) mass is 395 g/mol. The minimum atomic E-state index is -0.450. The Bertz CT molecular complexity index is 527. The second kappa shape index (κ2) is 15.8.